The fraction of sp³-hybridized carbons (Fsp3) is 0.167. The Balaban J connectivity index is 1.73. The van der Waals surface area contributed by atoms with Crippen molar-refractivity contribution >= 4 is 34.8 Å². The number of carbonyl (C=O) groups is 2. The first-order valence-corrected chi connectivity index (χ1v) is 11.0. The summed E-state index contributed by atoms with van der Waals surface area (Å²) in [5.74, 6) is 0. The number of halogens is 12. The van der Waals surface area contributed by atoms with E-state index < -0.39 is 70.4 Å². The van der Waals surface area contributed by atoms with Gasteiger partial charge in [-0.3, -0.25) is 0 Å². The molecule has 0 radical (unpaired) electrons. The molecule has 226 valence electrons. The second-order valence-electron chi connectivity index (χ2n) is 8.33. The molecule has 0 fully saturated rings. The molecule has 0 spiro atoms. The maximum atomic E-state index is 13.0. The van der Waals surface area contributed by atoms with Crippen LogP contribution in [0.3, 0.4) is 0 Å². The summed E-state index contributed by atoms with van der Waals surface area (Å²) in [5.41, 5.74) is -8.81. The molecule has 3 aromatic rings. The van der Waals surface area contributed by atoms with Crippen molar-refractivity contribution in [1.29, 1.82) is 0 Å². The second kappa shape index (κ2) is 11.3. The number of anilines is 4. The highest BCUT2D eigenvalue weighted by atomic mass is 19.4. The van der Waals surface area contributed by atoms with E-state index in [0.29, 0.717) is 0 Å². The van der Waals surface area contributed by atoms with Crippen molar-refractivity contribution in [3.05, 3.63) is 82.9 Å². The van der Waals surface area contributed by atoms with E-state index in [0.717, 1.165) is 6.07 Å². The minimum Gasteiger partial charge on any atom is -0.308 e. The van der Waals surface area contributed by atoms with Crippen LogP contribution < -0.4 is 21.3 Å². The number of urea groups is 2. The van der Waals surface area contributed by atoms with Crippen molar-refractivity contribution in [2.75, 3.05) is 21.3 Å². The van der Waals surface area contributed by atoms with E-state index in [1.54, 1.807) is 0 Å². The maximum Gasteiger partial charge on any atom is 0.416 e. The van der Waals surface area contributed by atoms with Crippen LogP contribution in [0.25, 0.3) is 0 Å². The van der Waals surface area contributed by atoms with Gasteiger partial charge in [-0.2, -0.15) is 52.7 Å². The molecular weight excluding hydrogens is 604 g/mol. The molecule has 0 bridgehead atoms. The second-order valence-corrected chi connectivity index (χ2v) is 8.33. The molecule has 0 aliphatic rings. The molecule has 4 N–H and O–H groups in total. The highest BCUT2D eigenvalue weighted by molar-refractivity contribution is 6.02. The van der Waals surface area contributed by atoms with Crippen LogP contribution in [0.5, 0.6) is 0 Å². The van der Waals surface area contributed by atoms with Crippen LogP contribution in [0.2, 0.25) is 0 Å². The monoisotopic (exact) mass is 618 g/mol. The van der Waals surface area contributed by atoms with Gasteiger partial charge in [-0.1, -0.05) is 6.07 Å². The summed E-state index contributed by atoms with van der Waals surface area (Å²) in [6, 6.07) is 2.72. The quantitative estimate of drug-likeness (QED) is 0.220. The number of hydrogen-bond acceptors (Lipinski definition) is 2. The third kappa shape index (κ3) is 8.68. The standard InChI is InChI=1S/C24H14F12N4O2/c25-21(26,27)11-4-12(22(28,29)30)7-17(6-11)39-19(41)37-15-2-1-3-16(10-15)38-20(42)40-18-8-13(23(31,32)33)5-14(9-18)24(34,35)36/h1-10H,(H2,37,39,41)(H2,38,40,42). The van der Waals surface area contributed by atoms with Gasteiger partial charge in [-0.05, 0) is 54.6 Å². The van der Waals surface area contributed by atoms with Gasteiger partial charge in [-0.25, -0.2) is 9.59 Å². The zero-order valence-electron chi connectivity index (χ0n) is 20.1. The molecule has 0 saturated carbocycles. The minimum absolute atomic E-state index is 0.146. The van der Waals surface area contributed by atoms with E-state index in [1.807, 2.05) is 10.6 Å². The fourth-order valence-electron chi connectivity index (χ4n) is 3.32. The average Bonchev–Trinajstić information content (AvgIpc) is 2.81. The van der Waals surface area contributed by atoms with E-state index in [9.17, 15) is 62.3 Å². The fourth-order valence-corrected chi connectivity index (χ4v) is 3.32. The first-order valence-electron chi connectivity index (χ1n) is 11.0. The highest BCUT2D eigenvalue weighted by Crippen LogP contribution is 2.39. The van der Waals surface area contributed by atoms with E-state index in [2.05, 4.69) is 10.6 Å². The van der Waals surface area contributed by atoms with Crippen LogP contribution in [-0.4, -0.2) is 12.1 Å². The molecule has 3 rings (SSSR count). The zero-order chi connectivity index (χ0) is 31.7. The van der Waals surface area contributed by atoms with Crippen molar-refractivity contribution in [2.45, 2.75) is 24.7 Å². The number of carbonyl (C=O) groups excluding carboxylic acids is 2. The molecule has 4 amide bonds. The third-order valence-corrected chi connectivity index (χ3v) is 5.07. The van der Waals surface area contributed by atoms with Crippen molar-refractivity contribution < 1.29 is 62.3 Å². The number of rotatable bonds is 4. The van der Waals surface area contributed by atoms with Gasteiger partial charge in [0.05, 0.1) is 22.3 Å². The molecular formula is C24H14F12N4O2. The van der Waals surface area contributed by atoms with Crippen LogP contribution in [0.1, 0.15) is 22.3 Å². The SMILES string of the molecule is O=C(Nc1cccc(NC(=O)Nc2cc(C(F)(F)F)cc(C(F)(F)F)c2)c1)Nc1cc(C(F)(F)F)cc(C(F)(F)F)c1. The first-order chi connectivity index (χ1) is 19.1. The summed E-state index contributed by atoms with van der Waals surface area (Å²) in [6.07, 6.45) is -20.7. The normalized spacial score (nSPS) is 12.5. The number of amides is 4. The molecule has 0 heterocycles. The first kappa shape index (κ1) is 31.9. The summed E-state index contributed by atoms with van der Waals surface area (Å²) in [6.45, 7) is 0. The summed E-state index contributed by atoms with van der Waals surface area (Å²) in [4.78, 5) is 24.5. The van der Waals surface area contributed by atoms with Gasteiger partial charge in [0.25, 0.3) is 0 Å². The van der Waals surface area contributed by atoms with Gasteiger partial charge < -0.3 is 21.3 Å². The summed E-state index contributed by atoms with van der Waals surface area (Å²) in [7, 11) is 0. The van der Waals surface area contributed by atoms with Crippen molar-refractivity contribution in [2.24, 2.45) is 0 Å². The highest BCUT2D eigenvalue weighted by Gasteiger charge is 2.38. The molecule has 0 saturated heterocycles. The lowest BCUT2D eigenvalue weighted by molar-refractivity contribution is -0.144. The van der Waals surface area contributed by atoms with Gasteiger partial charge in [0, 0.05) is 22.7 Å². The molecule has 0 aliphatic heterocycles. The lowest BCUT2D eigenvalue weighted by Gasteiger charge is -2.16. The smallest absolute Gasteiger partial charge is 0.308 e. The molecule has 3 aromatic carbocycles. The Hall–Kier alpha value is -4.64. The van der Waals surface area contributed by atoms with Gasteiger partial charge in [-0.15, -0.1) is 0 Å². The molecule has 42 heavy (non-hydrogen) atoms. The number of hydrogen-bond donors (Lipinski definition) is 4. The van der Waals surface area contributed by atoms with E-state index in [1.165, 1.54) is 18.2 Å². The Morgan fingerprint density at radius 1 is 0.405 bits per heavy atom. The van der Waals surface area contributed by atoms with Crippen molar-refractivity contribution in [3.63, 3.8) is 0 Å². The van der Waals surface area contributed by atoms with Crippen LogP contribution >= 0.6 is 0 Å². The topological polar surface area (TPSA) is 82.3 Å². The summed E-state index contributed by atoms with van der Waals surface area (Å²) in [5, 5.41) is 7.79. The Morgan fingerprint density at radius 2 is 0.667 bits per heavy atom. The minimum atomic E-state index is -5.17. The Morgan fingerprint density at radius 3 is 0.929 bits per heavy atom. The van der Waals surface area contributed by atoms with Crippen LogP contribution in [0.15, 0.2) is 60.7 Å². The molecule has 0 aromatic heterocycles. The number of benzene rings is 3. The molecule has 0 aliphatic carbocycles. The van der Waals surface area contributed by atoms with Gasteiger partial charge >= 0.3 is 36.8 Å². The molecule has 18 heteroatoms. The lowest BCUT2D eigenvalue weighted by Crippen LogP contribution is -2.22. The predicted octanol–water partition coefficient (Wildman–Crippen LogP) is 9.05. The Bertz CT molecular complexity index is 1310. The van der Waals surface area contributed by atoms with Crippen molar-refractivity contribution in [3.8, 4) is 0 Å². The Kier molecular flexibility index (Phi) is 8.60. The van der Waals surface area contributed by atoms with Crippen LogP contribution in [-0.2, 0) is 24.7 Å². The van der Waals surface area contributed by atoms with Crippen LogP contribution in [0, 0.1) is 0 Å². The zero-order valence-corrected chi connectivity index (χ0v) is 20.1. The summed E-state index contributed by atoms with van der Waals surface area (Å²) < 4.78 is 156. The number of alkyl halides is 12. The predicted molar refractivity (Wildman–Crippen MR) is 125 cm³/mol. The van der Waals surface area contributed by atoms with Gasteiger partial charge in [0.2, 0.25) is 0 Å². The molecule has 6 nitrogen and oxygen atoms in total. The summed E-state index contributed by atoms with van der Waals surface area (Å²) >= 11 is 0. The third-order valence-electron chi connectivity index (χ3n) is 5.07. The number of nitrogens with one attached hydrogen (secondary N) is 4. The van der Waals surface area contributed by atoms with Crippen LogP contribution in [0.4, 0.5) is 85.0 Å². The van der Waals surface area contributed by atoms with Gasteiger partial charge in [0.1, 0.15) is 0 Å². The van der Waals surface area contributed by atoms with Gasteiger partial charge in [0.15, 0.2) is 0 Å². The average molecular weight is 618 g/mol. The van der Waals surface area contributed by atoms with Crippen molar-refractivity contribution in [1.82, 2.24) is 0 Å². The maximum absolute atomic E-state index is 13.0. The lowest BCUT2D eigenvalue weighted by atomic mass is 10.1. The molecule has 0 unspecified atom stereocenters. The van der Waals surface area contributed by atoms with E-state index in [-0.39, 0.29) is 47.8 Å². The molecule has 0 atom stereocenters. The Labute approximate surface area is 226 Å². The largest absolute Gasteiger partial charge is 0.416 e. The van der Waals surface area contributed by atoms with E-state index >= 15 is 0 Å². The van der Waals surface area contributed by atoms with E-state index in [4.69, 9.17) is 0 Å².